The Hall–Kier alpha value is -5.16. The highest BCUT2D eigenvalue weighted by Crippen LogP contribution is 2.31. The molecule has 0 spiro atoms. The zero-order valence-corrected chi connectivity index (χ0v) is 27.0. The lowest BCUT2D eigenvalue weighted by Gasteiger charge is -2.09. The molecule has 0 N–H and O–H groups in total. The third kappa shape index (κ3) is 13.0. The van der Waals surface area contributed by atoms with E-state index in [0.29, 0.717) is 73.3 Å². The number of esters is 3. The first kappa shape index (κ1) is 36.3. The van der Waals surface area contributed by atoms with E-state index in [2.05, 4.69) is 18.2 Å². The van der Waals surface area contributed by atoms with Crippen LogP contribution in [-0.4, -0.2) is 62.8 Å². The second-order valence-electron chi connectivity index (χ2n) is 9.77. The number of hydrogen-bond donors (Lipinski definition) is 0. The summed E-state index contributed by atoms with van der Waals surface area (Å²) >= 11 is 0.921. The minimum absolute atomic E-state index is 0.224. The summed E-state index contributed by atoms with van der Waals surface area (Å²) in [6, 6.07) is 19.1. The van der Waals surface area contributed by atoms with Crippen LogP contribution in [0.15, 0.2) is 102 Å². The number of nitrogens with zero attached hydrogens (tertiary/aromatic N) is 1. The van der Waals surface area contributed by atoms with Gasteiger partial charge in [-0.05, 0) is 110 Å². The number of rotatable bonds is 19. The molecule has 0 fully saturated rings. The Morgan fingerprint density at radius 2 is 1.26 bits per heavy atom. The number of ether oxygens (including phenoxy) is 5. The van der Waals surface area contributed by atoms with Gasteiger partial charge in [-0.15, -0.1) is 0 Å². The van der Waals surface area contributed by atoms with Crippen molar-refractivity contribution in [1.29, 1.82) is 0 Å². The Bertz CT molecular complexity index is 1550. The lowest BCUT2D eigenvalue weighted by molar-refractivity contribution is -0.138. The number of unbranched alkanes of at least 4 members (excludes halogenated alkanes) is 2. The standard InChI is InChI=1S/C36H37NO9S/c1-4-33(38)45-22-8-6-20-43-29-15-10-26(11-16-29)25-37-28-14-19-32(31(24-28)35(40)42-3)47-36(41)27-12-17-30(18-13-27)44-21-7-9-23-46-34(39)5-2/h4-5,10-19,24-25H,1-2,6-9,20-23H2,3H3. The van der Waals surface area contributed by atoms with Crippen molar-refractivity contribution in [2.45, 2.75) is 30.6 Å². The Morgan fingerprint density at radius 1 is 0.723 bits per heavy atom. The molecule has 47 heavy (non-hydrogen) atoms. The van der Waals surface area contributed by atoms with E-state index in [1.807, 2.05) is 24.3 Å². The molecule has 0 amide bonds. The van der Waals surface area contributed by atoms with Gasteiger partial charge in [0.15, 0.2) is 0 Å². The van der Waals surface area contributed by atoms with Crippen LogP contribution in [0.2, 0.25) is 0 Å². The quantitative estimate of drug-likeness (QED) is 0.0334. The van der Waals surface area contributed by atoms with Gasteiger partial charge in [-0.1, -0.05) is 13.2 Å². The lowest BCUT2D eigenvalue weighted by Crippen LogP contribution is -2.05. The maximum Gasteiger partial charge on any atom is 0.339 e. The molecule has 0 aliphatic rings. The van der Waals surface area contributed by atoms with E-state index in [4.69, 9.17) is 23.7 Å². The van der Waals surface area contributed by atoms with Gasteiger partial charge in [0.2, 0.25) is 5.12 Å². The number of benzene rings is 3. The number of thioether (sulfide) groups is 1. The molecule has 0 bridgehead atoms. The first-order valence-corrected chi connectivity index (χ1v) is 15.7. The SMILES string of the molecule is C=CC(=O)OCCCCOc1ccc(C=Nc2ccc(SC(=O)c3ccc(OCCCCOC(=O)C=C)cc3)c(C(=O)OC)c2)cc1. The fraction of sp³-hybridized carbons (Fsp3) is 0.250. The third-order valence-electron chi connectivity index (χ3n) is 6.34. The van der Waals surface area contributed by atoms with E-state index in [0.717, 1.165) is 35.9 Å². The van der Waals surface area contributed by atoms with Gasteiger partial charge in [-0.3, -0.25) is 9.79 Å². The summed E-state index contributed by atoms with van der Waals surface area (Å²) < 4.78 is 26.2. The maximum atomic E-state index is 13.0. The van der Waals surface area contributed by atoms with Crippen molar-refractivity contribution in [3.05, 3.63) is 109 Å². The van der Waals surface area contributed by atoms with Crippen molar-refractivity contribution in [3.8, 4) is 11.5 Å². The molecule has 3 rings (SSSR count). The minimum atomic E-state index is -0.583. The first-order valence-electron chi connectivity index (χ1n) is 14.9. The molecule has 0 aliphatic carbocycles. The van der Waals surface area contributed by atoms with Crippen LogP contribution in [0.1, 0.15) is 52.0 Å². The molecule has 0 heterocycles. The van der Waals surface area contributed by atoms with Crippen molar-refractivity contribution in [3.63, 3.8) is 0 Å². The first-order chi connectivity index (χ1) is 22.8. The van der Waals surface area contributed by atoms with Crippen molar-refractivity contribution < 1.29 is 42.9 Å². The molecule has 0 radical (unpaired) electrons. The van der Waals surface area contributed by atoms with Gasteiger partial charge in [-0.2, -0.15) is 0 Å². The molecule has 10 nitrogen and oxygen atoms in total. The van der Waals surface area contributed by atoms with Gasteiger partial charge in [-0.25, -0.2) is 14.4 Å². The van der Waals surface area contributed by atoms with Crippen LogP contribution >= 0.6 is 11.8 Å². The van der Waals surface area contributed by atoms with E-state index in [9.17, 15) is 19.2 Å². The highest BCUT2D eigenvalue weighted by atomic mass is 32.2. The van der Waals surface area contributed by atoms with E-state index >= 15 is 0 Å². The van der Waals surface area contributed by atoms with Gasteiger partial charge in [0.1, 0.15) is 11.5 Å². The fourth-order valence-corrected chi connectivity index (χ4v) is 4.70. The Morgan fingerprint density at radius 3 is 1.79 bits per heavy atom. The van der Waals surface area contributed by atoms with Crippen LogP contribution in [0.3, 0.4) is 0 Å². The number of hydrogen-bond acceptors (Lipinski definition) is 11. The van der Waals surface area contributed by atoms with Crippen molar-refractivity contribution >= 4 is 46.7 Å². The predicted molar refractivity (Wildman–Crippen MR) is 180 cm³/mol. The Kier molecular flexibility index (Phi) is 15.5. The van der Waals surface area contributed by atoms with Gasteiger partial charge in [0, 0.05) is 28.8 Å². The molecule has 3 aromatic carbocycles. The second-order valence-corrected chi connectivity index (χ2v) is 10.8. The summed E-state index contributed by atoms with van der Waals surface area (Å²) in [5.41, 5.74) is 2.00. The average molecular weight is 660 g/mol. The van der Waals surface area contributed by atoms with Crippen molar-refractivity contribution in [2.75, 3.05) is 33.5 Å². The molecule has 0 unspecified atom stereocenters. The van der Waals surface area contributed by atoms with Crippen LogP contribution in [0.4, 0.5) is 5.69 Å². The molecule has 3 aromatic rings. The summed E-state index contributed by atoms with van der Waals surface area (Å²) in [5.74, 6) is -0.160. The number of carbonyl (C=O) groups excluding carboxylic acids is 4. The lowest BCUT2D eigenvalue weighted by atomic mass is 10.2. The monoisotopic (exact) mass is 659 g/mol. The largest absolute Gasteiger partial charge is 0.494 e. The molecule has 0 aliphatic heterocycles. The van der Waals surface area contributed by atoms with Crippen LogP contribution in [0.5, 0.6) is 11.5 Å². The van der Waals surface area contributed by atoms with Crippen molar-refractivity contribution in [2.24, 2.45) is 4.99 Å². The molecule has 11 heteroatoms. The number of aliphatic imine (C=N–C) groups is 1. The van der Waals surface area contributed by atoms with E-state index in [1.165, 1.54) is 7.11 Å². The molecule has 0 aromatic heterocycles. The Balaban J connectivity index is 1.52. The highest BCUT2D eigenvalue weighted by molar-refractivity contribution is 8.14. The third-order valence-corrected chi connectivity index (χ3v) is 7.34. The highest BCUT2D eigenvalue weighted by Gasteiger charge is 2.17. The van der Waals surface area contributed by atoms with E-state index < -0.39 is 17.9 Å². The number of carbonyl (C=O) groups is 4. The molecule has 0 atom stereocenters. The number of methoxy groups -OCH3 is 1. The summed E-state index contributed by atoms with van der Waals surface area (Å²) in [6.07, 6.45) is 6.69. The maximum absolute atomic E-state index is 13.0. The fourth-order valence-electron chi connectivity index (χ4n) is 3.85. The average Bonchev–Trinajstić information content (AvgIpc) is 3.10. The summed E-state index contributed by atoms with van der Waals surface area (Å²) in [4.78, 5) is 52.6. The zero-order valence-electron chi connectivity index (χ0n) is 26.2. The van der Waals surface area contributed by atoms with Gasteiger partial charge >= 0.3 is 17.9 Å². The van der Waals surface area contributed by atoms with Gasteiger partial charge in [0.05, 0.1) is 44.8 Å². The van der Waals surface area contributed by atoms with Crippen LogP contribution in [0, 0.1) is 0 Å². The summed E-state index contributed by atoms with van der Waals surface area (Å²) in [6.45, 7) is 8.25. The molecule has 0 saturated heterocycles. The van der Waals surface area contributed by atoms with E-state index in [-0.39, 0.29) is 10.7 Å². The molecular formula is C36H37NO9S. The Labute approximate surface area is 278 Å². The van der Waals surface area contributed by atoms with Crippen molar-refractivity contribution in [1.82, 2.24) is 0 Å². The normalized spacial score (nSPS) is 10.6. The molecular weight excluding hydrogens is 622 g/mol. The summed E-state index contributed by atoms with van der Waals surface area (Å²) in [7, 11) is 1.28. The molecule has 0 saturated carbocycles. The van der Waals surface area contributed by atoms with Crippen LogP contribution < -0.4 is 9.47 Å². The predicted octanol–water partition coefficient (Wildman–Crippen LogP) is 6.93. The van der Waals surface area contributed by atoms with Gasteiger partial charge in [0.25, 0.3) is 0 Å². The second kappa shape index (κ2) is 20.1. The smallest absolute Gasteiger partial charge is 0.339 e. The van der Waals surface area contributed by atoms with E-state index in [1.54, 1.807) is 48.7 Å². The van der Waals surface area contributed by atoms with Gasteiger partial charge < -0.3 is 23.7 Å². The molecule has 246 valence electrons. The minimum Gasteiger partial charge on any atom is -0.494 e. The van der Waals surface area contributed by atoms with Crippen LogP contribution in [0.25, 0.3) is 0 Å². The summed E-state index contributed by atoms with van der Waals surface area (Å²) in [5, 5.41) is -0.250. The zero-order chi connectivity index (χ0) is 33.9. The van der Waals surface area contributed by atoms with Crippen LogP contribution in [-0.2, 0) is 23.8 Å². The topological polar surface area (TPSA) is 127 Å².